The highest BCUT2D eigenvalue weighted by Gasteiger charge is 2.31. The summed E-state index contributed by atoms with van der Waals surface area (Å²) in [5.74, 6) is 1.37. The van der Waals surface area contributed by atoms with Gasteiger partial charge in [0.2, 0.25) is 5.91 Å². The lowest BCUT2D eigenvalue weighted by Crippen LogP contribution is -2.47. The van der Waals surface area contributed by atoms with E-state index in [-0.39, 0.29) is 17.0 Å². The number of hydrogen-bond donors (Lipinski definition) is 4. The smallest absolute Gasteiger partial charge is 0.216 e. The number of rotatable bonds is 9. The van der Waals surface area contributed by atoms with Crippen molar-refractivity contribution >= 4 is 29.4 Å². The van der Waals surface area contributed by atoms with E-state index >= 15 is 0 Å². The molecular formula is C11H23NO4S2. The SMILES string of the molecule is CCSC(SCC)[C@H](O)[C@@H](O)[C@@H](O)CNC(C)=O. The van der Waals surface area contributed by atoms with Gasteiger partial charge in [0, 0.05) is 13.5 Å². The highest BCUT2D eigenvalue weighted by atomic mass is 32.2. The quantitative estimate of drug-likeness (QED) is 0.449. The second-order valence-corrected chi connectivity index (χ2v) is 6.90. The molecule has 18 heavy (non-hydrogen) atoms. The van der Waals surface area contributed by atoms with E-state index in [4.69, 9.17) is 0 Å². The van der Waals surface area contributed by atoms with Crippen LogP contribution in [0.25, 0.3) is 0 Å². The highest BCUT2D eigenvalue weighted by molar-refractivity contribution is 8.17. The van der Waals surface area contributed by atoms with Crippen LogP contribution in [0.1, 0.15) is 20.8 Å². The molecule has 0 aromatic rings. The summed E-state index contributed by atoms with van der Waals surface area (Å²) in [5.41, 5.74) is 0. The van der Waals surface area contributed by atoms with Gasteiger partial charge >= 0.3 is 0 Å². The zero-order valence-electron chi connectivity index (χ0n) is 11.0. The Kier molecular flexibility index (Phi) is 9.94. The molecule has 0 rings (SSSR count). The second kappa shape index (κ2) is 9.91. The Bertz CT molecular complexity index is 237. The molecule has 0 heterocycles. The van der Waals surface area contributed by atoms with E-state index in [0.717, 1.165) is 11.5 Å². The van der Waals surface area contributed by atoms with E-state index < -0.39 is 18.3 Å². The molecular weight excluding hydrogens is 274 g/mol. The number of amides is 1. The zero-order chi connectivity index (χ0) is 14.1. The van der Waals surface area contributed by atoms with Gasteiger partial charge in [0.05, 0.1) is 10.7 Å². The summed E-state index contributed by atoms with van der Waals surface area (Å²) in [7, 11) is 0. The summed E-state index contributed by atoms with van der Waals surface area (Å²) in [5, 5.41) is 31.9. The van der Waals surface area contributed by atoms with Crippen molar-refractivity contribution in [2.75, 3.05) is 18.1 Å². The van der Waals surface area contributed by atoms with Gasteiger partial charge in [0.1, 0.15) is 12.2 Å². The number of carbonyl (C=O) groups is 1. The van der Waals surface area contributed by atoms with Crippen molar-refractivity contribution in [1.82, 2.24) is 5.32 Å². The molecule has 3 atom stereocenters. The van der Waals surface area contributed by atoms with Gasteiger partial charge < -0.3 is 20.6 Å². The third-order valence-electron chi connectivity index (χ3n) is 2.24. The van der Waals surface area contributed by atoms with Crippen LogP contribution in [0.2, 0.25) is 0 Å². The maximum atomic E-state index is 10.7. The summed E-state index contributed by atoms with van der Waals surface area (Å²) in [4.78, 5) is 10.7. The number of aliphatic hydroxyl groups is 3. The monoisotopic (exact) mass is 297 g/mol. The fourth-order valence-electron chi connectivity index (χ4n) is 1.33. The van der Waals surface area contributed by atoms with Crippen molar-refractivity contribution < 1.29 is 20.1 Å². The maximum absolute atomic E-state index is 10.7. The van der Waals surface area contributed by atoms with Gasteiger partial charge in [-0.3, -0.25) is 4.79 Å². The van der Waals surface area contributed by atoms with Crippen LogP contribution in [-0.2, 0) is 4.79 Å². The summed E-state index contributed by atoms with van der Waals surface area (Å²) < 4.78 is -0.179. The lowest BCUT2D eigenvalue weighted by molar-refractivity contribution is -0.120. The van der Waals surface area contributed by atoms with Gasteiger partial charge in [0.25, 0.3) is 0 Å². The first kappa shape index (κ1) is 18.0. The van der Waals surface area contributed by atoms with Crippen LogP contribution in [0.5, 0.6) is 0 Å². The molecule has 4 N–H and O–H groups in total. The van der Waals surface area contributed by atoms with Gasteiger partial charge in [-0.15, -0.1) is 23.5 Å². The molecule has 108 valence electrons. The molecule has 5 nitrogen and oxygen atoms in total. The third-order valence-corrected chi connectivity index (χ3v) is 4.94. The number of carbonyl (C=O) groups excluding carboxylic acids is 1. The van der Waals surface area contributed by atoms with Crippen molar-refractivity contribution in [2.24, 2.45) is 0 Å². The summed E-state index contributed by atoms with van der Waals surface area (Å²) in [6.45, 7) is 5.22. The summed E-state index contributed by atoms with van der Waals surface area (Å²) in [6.07, 6.45) is -3.45. The van der Waals surface area contributed by atoms with E-state index in [2.05, 4.69) is 5.32 Å². The van der Waals surface area contributed by atoms with Gasteiger partial charge in [-0.05, 0) is 11.5 Å². The Morgan fingerprint density at radius 1 is 1.11 bits per heavy atom. The molecule has 0 saturated heterocycles. The molecule has 0 fully saturated rings. The predicted octanol–water partition coefficient (Wildman–Crippen LogP) is 0.0375. The van der Waals surface area contributed by atoms with Crippen LogP contribution in [0.4, 0.5) is 0 Å². The minimum atomic E-state index is -1.26. The van der Waals surface area contributed by atoms with Crippen molar-refractivity contribution in [3.63, 3.8) is 0 Å². The molecule has 0 bridgehead atoms. The first-order chi connectivity index (χ1) is 8.43. The Hall–Kier alpha value is 0.0500. The lowest BCUT2D eigenvalue weighted by atomic mass is 10.1. The molecule has 0 radical (unpaired) electrons. The number of aliphatic hydroxyl groups excluding tert-OH is 3. The molecule has 0 aromatic heterocycles. The van der Waals surface area contributed by atoms with Crippen LogP contribution < -0.4 is 5.32 Å². The van der Waals surface area contributed by atoms with Crippen molar-refractivity contribution in [3.05, 3.63) is 0 Å². The minimum absolute atomic E-state index is 0.0616. The Morgan fingerprint density at radius 3 is 2.00 bits per heavy atom. The average molecular weight is 297 g/mol. The molecule has 0 unspecified atom stereocenters. The van der Waals surface area contributed by atoms with Crippen molar-refractivity contribution in [3.8, 4) is 0 Å². The topological polar surface area (TPSA) is 89.8 Å². The normalized spacial score (nSPS) is 16.4. The molecule has 0 aliphatic rings. The van der Waals surface area contributed by atoms with Crippen LogP contribution in [0.15, 0.2) is 0 Å². The van der Waals surface area contributed by atoms with Crippen LogP contribution in [-0.4, -0.2) is 62.2 Å². The fourth-order valence-corrected chi connectivity index (χ4v) is 3.91. The second-order valence-electron chi connectivity index (χ2n) is 3.76. The standard InChI is InChI=1S/C11H23NO4S2/c1-4-17-11(18-5-2)10(16)9(15)8(14)6-12-7(3)13/h8-11,14-16H,4-6H2,1-3H3,(H,12,13)/t8-,9-,10+/m0/s1. The molecule has 0 aliphatic carbocycles. The van der Waals surface area contributed by atoms with Gasteiger partial charge in [-0.25, -0.2) is 0 Å². The molecule has 1 amide bonds. The summed E-state index contributed by atoms with van der Waals surface area (Å²) >= 11 is 3.07. The van der Waals surface area contributed by atoms with E-state index in [1.165, 1.54) is 30.4 Å². The minimum Gasteiger partial charge on any atom is -0.388 e. The van der Waals surface area contributed by atoms with Gasteiger partial charge in [-0.1, -0.05) is 13.8 Å². The maximum Gasteiger partial charge on any atom is 0.216 e. The van der Waals surface area contributed by atoms with Crippen molar-refractivity contribution in [2.45, 2.75) is 43.7 Å². The molecule has 0 spiro atoms. The predicted molar refractivity (Wildman–Crippen MR) is 76.8 cm³/mol. The number of hydrogen-bond acceptors (Lipinski definition) is 6. The number of thioether (sulfide) groups is 2. The zero-order valence-corrected chi connectivity index (χ0v) is 12.6. The van der Waals surface area contributed by atoms with Crippen LogP contribution in [0, 0.1) is 0 Å². The fraction of sp³-hybridized carbons (Fsp3) is 0.909. The lowest BCUT2D eigenvalue weighted by Gasteiger charge is -2.28. The molecule has 0 aliphatic heterocycles. The highest BCUT2D eigenvalue weighted by Crippen LogP contribution is 2.28. The number of nitrogens with one attached hydrogen (secondary N) is 1. The van der Waals surface area contributed by atoms with Gasteiger partial charge in [-0.2, -0.15) is 0 Å². The van der Waals surface area contributed by atoms with E-state index in [1.807, 2.05) is 13.8 Å². The largest absolute Gasteiger partial charge is 0.388 e. The first-order valence-electron chi connectivity index (χ1n) is 5.95. The van der Waals surface area contributed by atoms with Gasteiger partial charge in [0.15, 0.2) is 0 Å². The van der Waals surface area contributed by atoms with Crippen LogP contribution in [0.3, 0.4) is 0 Å². The summed E-state index contributed by atoms with van der Waals surface area (Å²) in [6, 6.07) is 0. The molecule has 0 aromatic carbocycles. The third kappa shape index (κ3) is 6.84. The van der Waals surface area contributed by atoms with E-state index in [1.54, 1.807) is 0 Å². The first-order valence-corrected chi connectivity index (χ1v) is 8.05. The Balaban J connectivity index is 4.33. The van der Waals surface area contributed by atoms with Crippen molar-refractivity contribution in [1.29, 1.82) is 0 Å². The average Bonchev–Trinajstić information content (AvgIpc) is 2.33. The van der Waals surface area contributed by atoms with Crippen LogP contribution >= 0.6 is 23.5 Å². The van der Waals surface area contributed by atoms with E-state index in [9.17, 15) is 20.1 Å². The van der Waals surface area contributed by atoms with E-state index in [0.29, 0.717) is 0 Å². The Morgan fingerprint density at radius 2 is 1.61 bits per heavy atom. The Labute approximate surface area is 117 Å². The molecule has 0 saturated carbocycles. The molecule has 7 heteroatoms.